The van der Waals surface area contributed by atoms with Crippen molar-refractivity contribution in [1.29, 1.82) is 0 Å². The lowest BCUT2D eigenvalue weighted by molar-refractivity contribution is -0.120. The molecule has 3 heterocycles. The minimum atomic E-state index is -0.167. The first-order valence-corrected chi connectivity index (χ1v) is 11.8. The number of rotatable bonds is 8. The molecule has 174 valence electrons. The number of carbonyl (C=O) groups is 1. The summed E-state index contributed by atoms with van der Waals surface area (Å²) in [5.74, 6) is 1.63. The Morgan fingerprint density at radius 3 is 2.64 bits per heavy atom. The van der Waals surface area contributed by atoms with E-state index in [2.05, 4.69) is 31.4 Å². The number of likely N-dealkylation sites (N-methyl/N-ethyl adjacent to an activating group) is 1. The molecule has 0 aliphatic carbocycles. The van der Waals surface area contributed by atoms with E-state index in [4.69, 9.17) is 14.5 Å². The normalized spacial score (nSPS) is 12.6. The second kappa shape index (κ2) is 9.27. The molecule has 3 aromatic heterocycles. The second-order valence-electron chi connectivity index (χ2n) is 9.24. The first kappa shape index (κ1) is 22.8. The molecule has 0 fully saturated rings. The number of benzene rings is 1. The van der Waals surface area contributed by atoms with E-state index in [0.29, 0.717) is 6.42 Å². The Kier molecular flexibility index (Phi) is 6.42. The third kappa shape index (κ3) is 5.54. The molecule has 1 aromatic carbocycles. The summed E-state index contributed by atoms with van der Waals surface area (Å²) >= 11 is 1.46. The summed E-state index contributed by atoms with van der Waals surface area (Å²) < 4.78 is 7.20. The molecule has 9 heteroatoms. The zero-order chi connectivity index (χ0) is 23.6. The van der Waals surface area contributed by atoms with Crippen LogP contribution in [-0.4, -0.2) is 45.7 Å². The summed E-state index contributed by atoms with van der Waals surface area (Å²) in [4.78, 5) is 20.0. The summed E-state index contributed by atoms with van der Waals surface area (Å²) in [5, 5.41) is 12.1. The fourth-order valence-corrected chi connectivity index (χ4v) is 4.40. The number of nitrogens with one attached hydrogen (secondary N) is 2. The molecular formula is C24H30N6O2S. The number of fused-ring (bicyclic) bond motifs is 1. The van der Waals surface area contributed by atoms with E-state index in [-0.39, 0.29) is 24.0 Å². The van der Waals surface area contributed by atoms with Crippen LogP contribution < -0.4 is 15.5 Å². The molecule has 0 radical (unpaired) electrons. The maximum Gasteiger partial charge on any atom is 0.239 e. The zero-order valence-electron chi connectivity index (χ0n) is 19.6. The van der Waals surface area contributed by atoms with Gasteiger partial charge in [-0.15, -0.1) is 5.10 Å². The Bertz CT molecular complexity index is 1210. The molecule has 0 aliphatic rings. The van der Waals surface area contributed by atoms with Crippen LogP contribution >= 0.6 is 11.3 Å². The predicted octanol–water partition coefficient (Wildman–Crippen LogP) is 4.44. The van der Waals surface area contributed by atoms with Gasteiger partial charge in [0.25, 0.3) is 0 Å². The number of furan rings is 1. The van der Waals surface area contributed by atoms with Gasteiger partial charge in [-0.05, 0) is 39.8 Å². The first-order chi connectivity index (χ1) is 15.7. The molecule has 0 aliphatic heterocycles. The number of imidazole rings is 1. The molecule has 8 nitrogen and oxygen atoms in total. The van der Waals surface area contributed by atoms with Crippen LogP contribution in [0, 0.1) is 0 Å². The zero-order valence-corrected chi connectivity index (χ0v) is 20.4. The van der Waals surface area contributed by atoms with Gasteiger partial charge in [0.2, 0.25) is 16.0 Å². The van der Waals surface area contributed by atoms with Crippen LogP contribution in [0.15, 0.2) is 53.1 Å². The third-order valence-electron chi connectivity index (χ3n) is 4.94. The van der Waals surface area contributed by atoms with Crippen molar-refractivity contribution in [2.24, 2.45) is 0 Å². The van der Waals surface area contributed by atoms with Crippen molar-refractivity contribution in [3.8, 4) is 11.3 Å². The Morgan fingerprint density at radius 1 is 1.21 bits per heavy atom. The van der Waals surface area contributed by atoms with Gasteiger partial charge in [-0.3, -0.25) is 4.79 Å². The lowest BCUT2D eigenvalue weighted by Gasteiger charge is -2.22. The number of amides is 1. The molecule has 4 aromatic rings. The molecule has 1 unspecified atom stereocenters. The molecule has 33 heavy (non-hydrogen) atoms. The summed E-state index contributed by atoms with van der Waals surface area (Å²) in [5.41, 5.74) is 1.73. The number of carbonyl (C=O) groups excluding carboxylic acids is 1. The van der Waals surface area contributed by atoms with Crippen LogP contribution in [-0.2, 0) is 11.2 Å². The van der Waals surface area contributed by atoms with Crippen molar-refractivity contribution < 1.29 is 9.21 Å². The summed E-state index contributed by atoms with van der Waals surface area (Å²) in [6.07, 6.45) is 2.29. The van der Waals surface area contributed by atoms with Crippen molar-refractivity contribution in [2.75, 3.05) is 23.8 Å². The van der Waals surface area contributed by atoms with Crippen molar-refractivity contribution in [1.82, 2.24) is 19.9 Å². The highest BCUT2D eigenvalue weighted by Crippen LogP contribution is 2.34. The summed E-state index contributed by atoms with van der Waals surface area (Å²) in [6.45, 7) is 8.48. The average molecular weight is 467 g/mol. The van der Waals surface area contributed by atoms with Gasteiger partial charge >= 0.3 is 0 Å². The van der Waals surface area contributed by atoms with Gasteiger partial charge in [-0.2, -0.15) is 4.52 Å². The predicted molar refractivity (Wildman–Crippen MR) is 133 cm³/mol. The van der Waals surface area contributed by atoms with Gasteiger partial charge in [0, 0.05) is 30.6 Å². The van der Waals surface area contributed by atoms with Gasteiger partial charge in [0.05, 0.1) is 12.8 Å². The minimum absolute atomic E-state index is 0.0262. The molecule has 1 amide bonds. The molecule has 0 spiro atoms. The highest BCUT2D eigenvalue weighted by Gasteiger charge is 2.23. The van der Waals surface area contributed by atoms with E-state index >= 15 is 0 Å². The van der Waals surface area contributed by atoms with Crippen LogP contribution in [0.2, 0.25) is 0 Å². The lowest BCUT2D eigenvalue weighted by atomic mass is 10.1. The van der Waals surface area contributed by atoms with E-state index in [1.165, 1.54) is 11.3 Å². The average Bonchev–Trinajstić information content (AvgIpc) is 3.45. The van der Waals surface area contributed by atoms with Crippen LogP contribution in [0.5, 0.6) is 0 Å². The largest absolute Gasteiger partial charge is 0.469 e. The number of hydrogen-bond donors (Lipinski definition) is 2. The van der Waals surface area contributed by atoms with Crippen LogP contribution in [0.4, 0.5) is 10.9 Å². The van der Waals surface area contributed by atoms with Gasteiger partial charge in [-0.1, -0.05) is 41.7 Å². The molecule has 0 saturated carbocycles. The molecule has 4 rings (SSSR count). The highest BCUT2D eigenvalue weighted by atomic mass is 32.1. The monoisotopic (exact) mass is 466 g/mol. The van der Waals surface area contributed by atoms with Crippen LogP contribution in [0.1, 0.15) is 33.5 Å². The van der Waals surface area contributed by atoms with Gasteiger partial charge in [0.1, 0.15) is 11.5 Å². The van der Waals surface area contributed by atoms with Gasteiger partial charge in [0.15, 0.2) is 5.82 Å². The van der Waals surface area contributed by atoms with E-state index in [9.17, 15) is 4.79 Å². The fourth-order valence-electron chi connectivity index (χ4n) is 3.54. The van der Waals surface area contributed by atoms with Crippen molar-refractivity contribution >= 4 is 33.2 Å². The van der Waals surface area contributed by atoms with E-state index in [1.54, 1.807) is 6.26 Å². The third-order valence-corrected chi connectivity index (χ3v) is 5.96. The smallest absolute Gasteiger partial charge is 0.239 e. The molecule has 1 atom stereocenters. The maximum atomic E-state index is 12.6. The maximum absolute atomic E-state index is 12.6. The molecule has 0 saturated heterocycles. The van der Waals surface area contributed by atoms with Crippen LogP contribution in [0.3, 0.4) is 0 Å². The molecule has 0 bridgehead atoms. The van der Waals surface area contributed by atoms with E-state index in [1.807, 2.05) is 65.9 Å². The topological polar surface area (TPSA) is 87.7 Å². The molecular weight excluding hydrogens is 436 g/mol. The Hall–Kier alpha value is -3.33. The second-order valence-corrected chi connectivity index (χ2v) is 10.2. The molecule has 2 N–H and O–H groups in total. The van der Waals surface area contributed by atoms with Gasteiger partial charge < -0.3 is 20.0 Å². The Morgan fingerprint density at radius 2 is 1.97 bits per heavy atom. The standard InChI is InChI=1S/C24H30N6O2S/c1-16(14-18-12-9-13-32-18)25-19(31)15-29(5)23-28-30-21(27-24(2,3)4)20(26-22(30)33-23)17-10-7-6-8-11-17/h6-13,16,27H,14-15H2,1-5H3,(H,25,31). The first-order valence-electron chi connectivity index (χ1n) is 11.0. The highest BCUT2D eigenvalue weighted by molar-refractivity contribution is 7.20. The lowest BCUT2D eigenvalue weighted by Crippen LogP contribution is -2.40. The van der Waals surface area contributed by atoms with Crippen LogP contribution in [0.25, 0.3) is 16.2 Å². The summed E-state index contributed by atoms with van der Waals surface area (Å²) in [6, 6.07) is 13.8. The Balaban J connectivity index is 1.51. The SMILES string of the molecule is CC(Cc1ccco1)NC(=O)CN(C)c1nn2c(NC(C)(C)C)c(-c3ccccc3)nc2s1. The van der Waals surface area contributed by atoms with E-state index in [0.717, 1.165) is 32.9 Å². The number of aromatic nitrogens is 3. The quantitative estimate of drug-likeness (QED) is 0.399. The minimum Gasteiger partial charge on any atom is -0.469 e. The summed E-state index contributed by atoms with van der Waals surface area (Å²) in [7, 11) is 1.87. The van der Waals surface area contributed by atoms with E-state index < -0.39 is 0 Å². The Labute approximate surface area is 197 Å². The van der Waals surface area contributed by atoms with Crippen molar-refractivity contribution in [3.63, 3.8) is 0 Å². The number of nitrogens with zero attached hydrogens (tertiary/aromatic N) is 4. The van der Waals surface area contributed by atoms with Crippen molar-refractivity contribution in [2.45, 2.75) is 45.7 Å². The number of anilines is 2. The number of hydrogen-bond acceptors (Lipinski definition) is 7. The van der Waals surface area contributed by atoms with Gasteiger partial charge in [-0.25, -0.2) is 4.98 Å². The fraction of sp³-hybridized carbons (Fsp3) is 0.375. The van der Waals surface area contributed by atoms with Crippen molar-refractivity contribution in [3.05, 3.63) is 54.5 Å².